The number of pyridine rings is 1. The van der Waals surface area contributed by atoms with Gasteiger partial charge in [0.15, 0.2) is 0 Å². The lowest BCUT2D eigenvalue weighted by Crippen LogP contribution is -2.46. The van der Waals surface area contributed by atoms with Crippen molar-refractivity contribution in [3.05, 3.63) is 70.7 Å². The summed E-state index contributed by atoms with van der Waals surface area (Å²) in [7, 11) is 0. The number of nitrogens with one attached hydrogen (secondary N) is 2. The van der Waals surface area contributed by atoms with Gasteiger partial charge >= 0.3 is 0 Å². The quantitative estimate of drug-likeness (QED) is 0.284. The maximum absolute atomic E-state index is 13.3. The van der Waals surface area contributed by atoms with Gasteiger partial charge in [0, 0.05) is 35.2 Å². The van der Waals surface area contributed by atoms with Crippen molar-refractivity contribution >= 4 is 50.7 Å². The van der Waals surface area contributed by atoms with E-state index in [-0.39, 0.29) is 23.8 Å². The highest BCUT2D eigenvalue weighted by atomic mass is 35.5. The van der Waals surface area contributed by atoms with Gasteiger partial charge < -0.3 is 15.2 Å². The van der Waals surface area contributed by atoms with Crippen LogP contribution in [0.4, 0.5) is 5.69 Å². The van der Waals surface area contributed by atoms with Crippen LogP contribution in [0.2, 0.25) is 5.15 Å². The van der Waals surface area contributed by atoms with Crippen LogP contribution in [0.3, 0.4) is 0 Å². The number of amides is 2. The van der Waals surface area contributed by atoms with Gasteiger partial charge in [-0.25, -0.2) is 9.97 Å². The van der Waals surface area contributed by atoms with E-state index in [0.717, 1.165) is 72.7 Å². The van der Waals surface area contributed by atoms with Gasteiger partial charge in [-0.15, -0.1) is 11.3 Å². The lowest BCUT2D eigenvalue weighted by Gasteiger charge is -2.31. The second-order valence-electron chi connectivity index (χ2n) is 10.3. The van der Waals surface area contributed by atoms with Crippen LogP contribution in [0.1, 0.15) is 54.0 Å². The molecule has 6 rings (SSSR count). The van der Waals surface area contributed by atoms with Gasteiger partial charge in [-0.1, -0.05) is 24.4 Å². The zero-order valence-electron chi connectivity index (χ0n) is 21.6. The minimum atomic E-state index is -0.287. The SMILES string of the molecule is O=C(N[C@@H]1CCCC[C@@H]1C(=O)Nc1ccc(-n2ccnc2CN2CCCC2)cc1)c1cc2ccc(Cl)nc2s1. The number of hydrogen-bond acceptors (Lipinski definition) is 6. The maximum atomic E-state index is 13.3. The summed E-state index contributed by atoms with van der Waals surface area (Å²) < 4.78 is 2.11. The largest absolute Gasteiger partial charge is 0.348 e. The normalized spacial score (nSPS) is 19.8. The molecule has 4 heterocycles. The Bertz CT molecular complexity index is 1480. The molecule has 202 valence electrons. The monoisotopic (exact) mass is 562 g/mol. The summed E-state index contributed by atoms with van der Waals surface area (Å²) in [5.74, 6) is 0.500. The molecule has 2 amide bonds. The van der Waals surface area contributed by atoms with Crippen LogP contribution < -0.4 is 10.6 Å². The Hall–Kier alpha value is -3.27. The molecule has 4 aromatic rings. The first kappa shape index (κ1) is 26.0. The molecule has 39 heavy (non-hydrogen) atoms. The van der Waals surface area contributed by atoms with Gasteiger partial charge in [0.05, 0.1) is 17.3 Å². The number of aromatic nitrogens is 3. The number of hydrogen-bond donors (Lipinski definition) is 2. The van der Waals surface area contributed by atoms with E-state index in [0.29, 0.717) is 10.0 Å². The van der Waals surface area contributed by atoms with Gasteiger partial charge in [0.25, 0.3) is 5.91 Å². The summed E-state index contributed by atoms with van der Waals surface area (Å²) in [6.07, 6.45) is 9.79. The van der Waals surface area contributed by atoms with Crippen LogP contribution >= 0.6 is 22.9 Å². The van der Waals surface area contributed by atoms with Gasteiger partial charge in [-0.3, -0.25) is 14.5 Å². The molecule has 2 atom stereocenters. The highest BCUT2D eigenvalue weighted by Crippen LogP contribution is 2.29. The minimum Gasteiger partial charge on any atom is -0.348 e. The van der Waals surface area contributed by atoms with Gasteiger partial charge in [-0.05, 0) is 81.2 Å². The Balaban J connectivity index is 1.10. The summed E-state index contributed by atoms with van der Waals surface area (Å²) in [5.41, 5.74) is 1.76. The number of carbonyl (C=O) groups is 2. The third kappa shape index (κ3) is 5.85. The molecule has 2 aliphatic rings. The number of nitrogens with zero attached hydrogens (tertiary/aromatic N) is 4. The number of rotatable bonds is 7. The van der Waals surface area contributed by atoms with Crippen LogP contribution in [0, 0.1) is 5.92 Å². The van der Waals surface area contributed by atoms with Crippen molar-refractivity contribution in [2.24, 2.45) is 5.92 Å². The first-order valence-electron chi connectivity index (χ1n) is 13.6. The predicted molar refractivity (Wildman–Crippen MR) is 155 cm³/mol. The van der Waals surface area contributed by atoms with Crippen molar-refractivity contribution in [1.29, 1.82) is 0 Å². The van der Waals surface area contributed by atoms with Crippen molar-refractivity contribution in [3.63, 3.8) is 0 Å². The standard InChI is InChI=1S/C29H31ClN6O2S/c30-25-12-7-19-17-24(39-29(19)34-25)28(38)33-23-6-2-1-5-22(23)27(37)32-20-8-10-21(11-9-20)36-16-13-31-26(36)18-35-14-3-4-15-35/h7-13,16-17,22-23H,1-6,14-15,18H2,(H,32,37)(H,33,38)/t22-,23+/m0/s1. The fourth-order valence-corrected chi connectivity index (χ4v) is 6.76. The lowest BCUT2D eigenvalue weighted by molar-refractivity contribution is -0.121. The molecule has 1 aliphatic heterocycles. The molecular formula is C29H31ClN6O2S. The molecule has 1 saturated carbocycles. The van der Waals surface area contributed by atoms with Crippen molar-refractivity contribution < 1.29 is 9.59 Å². The minimum absolute atomic E-state index is 0.0603. The summed E-state index contributed by atoms with van der Waals surface area (Å²) in [6.45, 7) is 3.08. The molecule has 2 fully saturated rings. The molecule has 8 nitrogen and oxygen atoms in total. The van der Waals surface area contributed by atoms with Crippen LogP contribution in [0.15, 0.2) is 54.9 Å². The van der Waals surface area contributed by atoms with E-state index in [1.807, 2.05) is 48.8 Å². The van der Waals surface area contributed by atoms with E-state index in [9.17, 15) is 9.59 Å². The van der Waals surface area contributed by atoms with E-state index < -0.39 is 0 Å². The number of imidazole rings is 1. The summed E-state index contributed by atoms with van der Waals surface area (Å²) in [4.78, 5) is 39.0. The third-order valence-electron chi connectivity index (χ3n) is 7.69. The maximum Gasteiger partial charge on any atom is 0.261 e. The van der Waals surface area contributed by atoms with Crippen molar-refractivity contribution in [2.75, 3.05) is 18.4 Å². The number of likely N-dealkylation sites (tertiary alicyclic amines) is 1. The summed E-state index contributed by atoms with van der Waals surface area (Å²) >= 11 is 7.31. The van der Waals surface area contributed by atoms with Crippen molar-refractivity contribution in [1.82, 2.24) is 24.8 Å². The van der Waals surface area contributed by atoms with Gasteiger partial charge in [-0.2, -0.15) is 0 Å². The molecule has 3 aromatic heterocycles. The van der Waals surface area contributed by atoms with Crippen LogP contribution in [-0.4, -0.2) is 50.4 Å². The van der Waals surface area contributed by atoms with Crippen LogP contribution in [0.25, 0.3) is 15.9 Å². The third-order valence-corrected chi connectivity index (χ3v) is 8.94. The van der Waals surface area contributed by atoms with Crippen LogP contribution in [0.5, 0.6) is 0 Å². The second-order valence-corrected chi connectivity index (χ2v) is 11.8. The van der Waals surface area contributed by atoms with E-state index in [1.165, 1.54) is 24.2 Å². The summed E-state index contributed by atoms with van der Waals surface area (Å²) in [5, 5.41) is 7.50. The van der Waals surface area contributed by atoms with Gasteiger partial charge in [0.2, 0.25) is 5.91 Å². The topological polar surface area (TPSA) is 92.2 Å². The number of halogens is 1. The zero-order chi connectivity index (χ0) is 26.8. The molecular weight excluding hydrogens is 532 g/mol. The molecule has 1 aliphatic carbocycles. The summed E-state index contributed by atoms with van der Waals surface area (Å²) in [6, 6.07) is 13.1. The number of anilines is 1. The van der Waals surface area contributed by atoms with E-state index in [2.05, 4.69) is 30.1 Å². The second kappa shape index (κ2) is 11.5. The average Bonchev–Trinajstić information content (AvgIpc) is 3.71. The Labute approximate surface area is 236 Å². The lowest BCUT2D eigenvalue weighted by atomic mass is 9.83. The first-order valence-corrected chi connectivity index (χ1v) is 14.8. The van der Waals surface area contributed by atoms with E-state index >= 15 is 0 Å². The fourth-order valence-electron chi connectivity index (χ4n) is 5.63. The van der Waals surface area contributed by atoms with Gasteiger partial charge in [0.1, 0.15) is 15.8 Å². The molecule has 1 aromatic carbocycles. The number of carbonyl (C=O) groups excluding carboxylic acids is 2. The Morgan fingerprint density at radius 2 is 1.82 bits per heavy atom. The number of benzene rings is 1. The molecule has 0 unspecified atom stereocenters. The molecule has 1 saturated heterocycles. The van der Waals surface area contributed by atoms with Crippen LogP contribution in [-0.2, 0) is 11.3 Å². The molecule has 0 bridgehead atoms. The predicted octanol–water partition coefficient (Wildman–Crippen LogP) is 5.66. The molecule has 0 radical (unpaired) electrons. The van der Waals surface area contributed by atoms with Crippen molar-refractivity contribution in [2.45, 2.75) is 51.1 Å². The molecule has 10 heteroatoms. The smallest absolute Gasteiger partial charge is 0.261 e. The van der Waals surface area contributed by atoms with Crippen molar-refractivity contribution in [3.8, 4) is 5.69 Å². The Morgan fingerprint density at radius 3 is 2.64 bits per heavy atom. The molecule has 2 N–H and O–H groups in total. The highest BCUT2D eigenvalue weighted by molar-refractivity contribution is 7.20. The van der Waals surface area contributed by atoms with E-state index in [4.69, 9.17) is 11.6 Å². The fraction of sp³-hybridized carbons (Fsp3) is 0.379. The molecule has 0 spiro atoms. The van der Waals surface area contributed by atoms with E-state index in [1.54, 1.807) is 6.07 Å². The highest BCUT2D eigenvalue weighted by Gasteiger charge is 2.32. The first-order chi connectivity index (χ1) is 19.0. The zero-order valence-corrected chi connectivity index (χ0v) is 23.2. The number of fused-ring (bicyclic) bond motifs is 1. The Morgan fingerprint density at radius 1 is 1.03 bits per heavy atom. The Kier molecular flexibility index (Phi) is 7.63. The number of thiophene rings is 1. The average molecular weight is 563 g/mol.